The van der Waals surface area contributed by atoms with Crippen molar-refractivity contribution in [3.05, 3.63) is 6.26 Å². The fourth-order valence-electron chi connectivity index (χ4n) is 0.136. The Morgan fingerprint density at radius 1 is 1.67 bits per heavy atom. The molecule has 0 N–H and O–H groups in total. The van der Waals surface area contributed by atoms with Crippen LogP contribution in [0.5, 0.6) is 0 Å². The summed E-state index contributed by atoms with van der Waals surface area (Å²) >= 11 is 0. The molecule has 0 saturated heterocycles. The van der Waals surface area contributed by atoms with Crippen molar-refractivity contribution >= 4 is 5.87 Å². The Morgan fingerprint density at radius 3 is 2.83 bits per heavy atom. The molecule has 1 aliphatic heterocycles. The molecule has 1 aliphatic rings. The average molecular weight is 83.0 g/mol. The fourth-order valence-corrected chi connectivity index (χ4v) is 0.136. The first kappa shape index (κ1) is 3.06. The third-order valence-corrected chi connectivity index (χ3v) is 0.292. The largest absolute Gasteiger partial charge is 0.336 e. The Kier molecular flexibility index (Phi) is 0.677. The second-order valence-corrected chi connectivity index (χ2v) is 0.623. The zero-order chi connectivity index (χ0) is 4.24. The van der Waals surface area contributed by atoms with Gasteiger partial charge in [-0.1, -0.05) is 5.10 Å². The molecule has 30 valence electrons. The summed E-state index contributed by atoms with van der Waals surface area (Å²) < 4.78 is 0. The Labute approximate surface area is 33.8 Å². The van der Waals surface area contributed by atoms with Crippen LogP contribution in [0, 0.1) is 0 Å². The summed E-state index contributed by atoms with van der Waals surface area (Å²) in [4.78, 5) is 4.20. The lowest BCUT2D eigenvalue weighted by molar-refractivity contribution is 0.236. The van der Waals surface area contributed by atoms with Crippen molar-refractivity contribution in [2.24, 2.45) is 15.6 Å². The molecule has 4 heteroatoms. The molecule has 0 unspecified atom stereocenters. The Hall–Kier alpha value is -1.15. The maximum absolute atomic E-state index is 4.20. The van der Waals surface area contributed by atoms with E-state index in [2.05, 4.69) is 26.3 Å². The zero-order valence-electron chi connectivity index (χ0n) is 2.83. The third-order valence-electron chi connectivity index (χ3n) is 0.292. The predicted octanol–water partition coefficient (Wildman–Crippen LogP) is 0.482. The first-order chi connectivity index (χ1) is 3.00. The Balaban J connectivity index is 2.78. The van der Waals surface area contributed by atoms with Crippen LogP contribution in [0.1, 0.15) is 0 Å². The summed E-state index contributed by atoms with van der Waals surface area (Å²) in [7, 11) is 0. The van der Waals surface area contributed by atoms with E-state index in [4.69, 9.17) is 0 Å². The molecule has 1 rings (SSSR count). The maximum atomic E-state index is 4.20. The molecule has 0 aliphatic carbocycles. The van der Waals surface area contributed by atoms with Crippen LogP contribution in [0.4, 0.5) is 0 Å². The van der Waals surface area contributed by atoms with Crippen molar-refractivity contribution in [3.63, 3.8) is 0 Å². The SMILES string of the molecule is C1=CON=NN=1. The van der Waals surface area contributed by atoms with Crippen LogP contribution in [0.3, 0.4) is 0 Å². The monoisotopic (exact) mass is 83.0 g/mol. The van der Waals surface area contributed by atoms with Crippen molar-refractivity contribution in [2.45, 2.75) is 0 Å². The molecule has 0 aromatic rings. The van der Waals surface area contributed by atoms with E-state index in [-0.39, 0.29) is 0 Å². The minimum Gasteiger partial charge on any atom is -0.336 e. The van der Waals surface area contributed by atoms with E-state index < -0.39 is 0 Å². The lowest BCUT2D eigenvalue weighted by Crippen LogP contribution is -1.67. The smallest absolute Gasteiger partial charge is 0.187 e. The second kappa shape index (κ2) is 1.33. The molecule has 0 aromatic carbocycles. The summed E-state index contributed by atoms with van der Waals surface area (Å²) in [6.07, 6.45) is 1.22. The van der Waals surface area contributed by atoms with Crippen LogP contribution in [0.15, 0.2) is 21.9 Å². The maximum Gasteiger partial charge on any atom is 0.187 e. The summed E-state index contributed by atoms with van der Waals surface area (Å²) in [5.74, 6) is 2.30. The minimum atomic E-state index is 1.22. The highest BCUT2D eigenvalue weighted by Crippen LogP contribution is 1.81. The van der Waals surface area contributed by atoms with E-state index in [0.29, 0.717) is 0 Å². The van der Waals surface area contributed by atoms with Gasteiger partial charge in [-0.25, -0.2) is 0 Å². The molecule has 0 bridgehead atoms. The van der Waals surface area contributed by atoms with Gasteiger partial charge < -0.3 is 4.84 Å². The van der Waals surface area contributed by atoms with Crippen LogP contribution >= 0.6 is 0 Å². The standard InChI is InChI=1S/C2HN3O/c1-2-6-5-4-3-1/h2H. The zero-order valence-corrected chi connectivity index (χ0v) is 2.83. The quantitative estimate of drug-likeness (QED) is 0.420. The molecule has 0 saturated carbocycles. The lowest BCUT2D eigenvalue weighted by atomic mass is 11.1. The van der Waals surface area contributed by atoms with E-state index in [1.165, 1.54) is 6.26 Å². The highest BCUT2D eigenvalue weighted by atomic mass is 16.6. The van der Waals surface area contributed by atoms with Crippen LogP contribution in [-0.2, 0) is 4.84 Å². The predicted molar refractivity (Wildman–Crippen MR) is 17.9 cm³/mol. The van der Waals surface area contributed by atoms with Crippen molar-refractivity contribution in [3.8, 4) is 0 Å². The Bertz CT molecular complexity index is 121. The molecule has 6 heavy (non-hydrogen) atoms. The number of hydrogen-bond donors (Lipinski definition) is 0. The van der Waals surface area contributed by atoms with Gasteiger partial charge in [-0.05, 0) is 0 Å². The van der Waals surface area contributed by atoms with Crippen LogP contribution < -0.4 is 0 Å². The topological polar surface area (TPSA) is 46.3 Å². The van der Waals surface area contributed by atoms with Gasteiger partial charge in [0.05, 0.1) is 11.1 Å². The Morgan fingerprint density at radius 2 is 2.67 bits per heavy atom. The van der Waals surface area contributed by atoms with Crippen LogP contribution in [-0.4, -0.2) is 5.87 Å². The van der Waals surface area contributed by atoms with Gasteiger partial charge in [-0.2, -0.15) is 0 Å². The van der Waals surface area contributed by atoms with Crippen molar-refractivity contribution in [1.29, 1.82) is 0 Å². The fraction of sp³-hybridized carbons (Fsp3) is 0. The molecule has 1 heterocycles. The first-order valence-electron chi connectivity index (χ1n) is 1.33. The summed E-state index contributed by atoms with van der Waals surface area (Å²) in [5, 5.41) is 9.28. The van der Waals surface area contributed by atoms with Gasteiger partial charge in [0, 0.05) is 5.22 Å². The normalized spacial score (nSPS) is 14.7. The van der Waals surface area contributed by atoms with Gasteiger partial charge in [-0.15, -0.1) is 0 Å². The molecular weight excluding hydrogens is 82.0 g/mol. The highest BCUT2D eigenvalue weighted by Gasteiger charge is 1.70. The van der Waals surface area contributed by atoms with E-state index >= 15 is 0 Å². The number of nitrogens with zero attached hydrogens (tertiary/aromatic N) is 3. The number of rotatable bonds is 0. The van der Waals surface area contributed by atoms with Gasteiger partial charge >= 0.3 is 0 Å². The first-order valence-corrected chi connectivity index (χ1v) is 1.33. The van der Waals surface area contributed by atoms with Crippen molar-refractivity contribution in [2.75, 3.05) is 0 Å². The van der Waals surface area contributed by atoms with Gasteiger partial charge in [0.2, 0.25) is 0 Å². The minimum absolute atomic E-state index is 1.22. The summed E-state index contributed by atoms with van der Waals surface area (Å²) in [6, 6.07) is 0. The van der Waals surface area contributed by atoms with E-state index in [9.17, 15) is 0 Å². The molecule has 0 atom stereocenters. The van der Waals surface area contributed by atoms with Crippen LogP contribution in [0.25, 0.3) is 0 Å². The van der Waals surface area contributed by atoms with E-state index in [0.717, 1.165) is 0 Å². The average Bonchev–Trinajstić information content (AvgIpc) is 1.72. The van der Waals surface area contributed by atoms with E-state index in [1.807, 2.05) is 0 Å². The van der Waals surface area contributed by atoms with Gasteiger partial charge in [-0.3, -0.25) is 0 Å². The number of hydrogen-bond acceptors (Lipinski definition) is 4. The molecule has 0 aromatic heterocycles. The van der Waals surface area contributed by atoms with E-state index in [1.54, 1.807) is 0 Å². The summed E-state index contributed by atoms with van der Waals surface area (Å²) in [6.45, 7) is 0. The molecule has 0 radical (unpaired) electrons. The molecule has 4 nitrogen and oxygen atoms in total. The molecular formula is C2HN3O. The molecule has 0 spiro atoms. The van der Waals surface area contributed by atoms with Gasteiger partial charge in [0.15, 0.2) is 6.26 Å². The van der Waals surface area contributed by atoms with Crippen molar-refractivity contribution < 1.29 is 4.84 Å². The highest BCUT2D eigenvalue weighted by molar-refractivity contribution is 5.49. The third kappa shape index (κ3) is 0.415. The van der Waals surface area contributed by atoms with Crippen molar-refractivity contribution in [1.82, 2.24) is 0 Å². The summed E-state index contributed by atoms with van der Waals surface area (Å²) in [5.41, 5.74) is 0. The second-order valence-electron chi connectivity index (χ2n) is 0.623. The lowest BCUT2D eigenvalue weighted by Gasteiger charge is -1.79. The van der Waals surface area contributed by atoms with Gasteiger partial charge in [0.1, 0.15) is 0 Å². The molecule has 0 amide bonds. The van der Waals surface area contributed by atoms with Crippen LogP contribution in [0.2, 0.25) is 0 Å². The molecule has 0 fully saturated rings. The van der Waals surface area contributed by atoms with Gasteiger partial charge in [0.25, 0.3) is 0 Å².